The van der Waals surface area contributed by atoms with Crippen molar-refractivity contribution in [1.82, 2.24) is 0 Å². The molecule has 1 unspecified atom stereocenters. The average molecular weight is 279 g/mol. The van der Waals surface area contributed by atoms with Crippen LogP contribution in [0.2, 0.25) is 0 Å². The third-order valence-electron chi connectivity index (χ3n) is 4.44. The predicted octanol–water partition coefficient (Wildman–Crippen LogP) is 2.93. The molecule has 0 amide bonds. The van der Waals surface area contributed by atoms with E-state index in [1.807, 2.05) is 0 Å². The molecule has 1 aliphatic carbocycles. The van der Waals surface area contributed by atoms with Crippen molar-refractivity contribution < 1.29 is 19.0 Å². The number of benzene rings is 1. The van der Waals surface area contributed by atoms with Crippen molar-refractivity contribution in [3.63, 3.8) is 0 Å². The molecule has 0 heterocycles. The fraction of sp³-hybridized carbons (Fsp3) is 0.562. The molecule has 0 aliphatic heterocycles. The van der Waals surface area contributed by atoms with Gasteiger partial charge in [-0.25, -0.2) is 4.39 Å². The van der Waals surface area contributed by atoms with Crippen LogP contribution in [0.25, 0.3) is 0 Å². The molecular weight excluding hydrogens is 259 g/mol. The fourth-order valence-electron chi connectivity index (χ4n) is 2.97. The molecule has 110 valence electrons. The van der Waals surface area contributed by atoms with Gasteiger partial charge in [0.15, 0.2) is 11.6 Å². The van der Waals surface area contributed by atoms with Crippen LogP contribution in [0.15, 0.2) is 18.2 Å². The van der Waals surface area contributed by atoms with E-state index in [0.717, 1.165) is 38.2 Å². The van der Waals surface area contributed by atoms with Gasteiger partial charge in [-0.05, 0) is 56.2 Å². The highest BCUT2D eigenvalue weighted by molar-refractivity contribution is 5.86. The average Bonchev–Trinajstić information content (AvgIpc) is 2.90. The second-order valence-corrected chi connectivity index (χ2v) is 5.62. The number of halogens is 1. The van der Waals surface area contributed by atoms with E-state index in [0.29, 0.717) is 5.92 Å². The highest BCUT2D eigenvalue weighted by atomic mass is 19.1. The summed E-state index contributed by atoms with van der Waals surface area (Å²) in [5, 5.41) is 10.9. The number of carboxylic acids is 1. The molecule has 0 N–H and O–H groups in total. The number of hydrogen-bond acceptors (Lipinski definition) is 3. The van der Waals surface area contributed by atoms with Gasteiger partial charge in [-0.15, -0.1) is 0 Å². The molecule has 0 radical (unpaired) electrons. The Hall–Kier alpha value is -1.58. The van der Waals surface area contributed by atoms with Crippen LogP contribution < -0.4 is 9.84 Å². The summed E-state index contributed by atoms with van der Waals surface area (Å²) in [5.74, 6) is -1.52. The van der Waals surface area contributed by atoms with Crippen LogP contribution in [0.4, 0.5) is 4.39 Å². The van der Waals surface area contributed by atoms with Gasteiger partial charge in [0.2, 0.25) is 0 Å². The van der Waals surface area contributed by atoms with Crippen LogP contribution in [0.5, 0.6) is 5.75 Å². The Balaban J connectivity index is 2.31. The molecule has 0 spiro atoms. The van der Waals surface area contributed by atoms with Crippen molar-refractivity contribution in [2.75, 3.05) is 0 Å². The summed E-state index contributed by atoms with van der Waals surface area (Å²) in [4.78, 5) is 10.9. The van der Waals surface area contributed by atoms with Gasteiger partial charge in [0.05, 0.1) is 5.97 Å². The van der Waals surface area contributed by atoms with Gasteiger partial charge in [0, 0.05) is 5.56 Å². The maximum atomic E-state index is 13.9. The number of carbonyl (C=O) groups is 1. The Bertz CT molecular complexity index is 492. The van der Waals surface area contributed by atoms with Gasteiger partial charge in [-0.3, -0.25) is 0 Å². The van der Waals surface area contributed by atoms with Crippen molar-refractivity contribution in [2.24, 2.45) is 5.92 Å². The highest BCUT2D eigenvalue weighted by Crippen LogP contribution is 2.42. The van der Waals surface area contributed by atoms with E-state index in [2.05, 4.69) is 13.8 Å². The summed E-state index contributed by atoms with van der Waals surface area (Å²) in [6, 6.07) is 3.55. The first-order valence-corrected chi connectivity index (χ1v) is 7.18. The summed E-state index contributed by atoms with van der Waals surface area (Å²) in [7, 11) is 0. The number of ether oxygens (including phenoxy) is 1. The maximum absolute atomic E-state index is 13.9. The largest absolute Gasteiger partial charge is 0.545 e. The molecule has 1 atom stereocenters. The Morgan fingerprint density at radius 1 is 1.45 bits per heavy atom. The number of rotatable bonds is 5. The van der Waals surface area contributed by atoms with Gasteiger partial charge < -0.3 is 14.6 Å². The Kier molecular flexibility index (Phi) is 4.31. The second kappa shape index (κ2) is 5.81. The molecule has 0 saturated heterocycles. The molecule has 0 bridgehead atoms. The van der Waals surface area contributed by atoms with Crippen molar-refractivity contribution >= 4 is 5.97 Å². The van der Waals surface area contributed by atoms with Crippen LogP contribution >= 0.6 is 0 Å². The van der Waals surface area contributed by atoms with E-state index in [-0.39, 0.29) is 16.9 Å². The number of carboxylic acid groups (broad SMARTS) is 1. The zero-order valence-electron chi connectivity index (χ0n) is 11.9. The normalized spacial score (nSPS) is 18.8. The Morgan fingerprint density at radius 3 is 2.65 bits per heavy atom. The molecule has 2 rings (SSSR count). The summed E-state index contributed by atoms with van der Waals surface area (Å²) in [6.07, 6.45) is 4.84. The molecule has 1 aliphatic rings. The van der Waals surface area contributed by atoms with E-state index in [4.69, 9.17) is 4.74 Å². The molecular formula is C16H20FO3-. The molecule has 3 nitrogen and oxygen atoms in total. The third kappa shape index (κ3) is 2.79. The summed E-state index contributed by atoms with van der Waals surface area (Å²) < 4.78 is 19.9. The lowest BCUT2D eigenvalue weighted by Crippen LogP contribution is -2.40. The molecule has 4 heteroatoms. The van der Waals surface area contributed by atoms with Gasteiger partial charge in [-0.1, -0.05) is 13.8 Å². The van der Waals surface area contributed by atoms with E-state index in [1.54, 1.807) is 0 Å². The molecule has 1 fully saturated rings. The fourth-order valence-corrected chi connectivity index (χ4v) is 2.97. The predicted molar refractivity (Wildman–Crippen MR) is 72.0 cm³/mol. The zero-order chi connectivity index (χ0) is 14.8. The minimum Gasteiger partial charge on any atom is -0.545 e. The van der Waals surface area contributed by atoms with Gasteiger partial charge in [0.1, 0.15) is 5.60 Å². The van der Waals surface area contributed by atoms with Crippen molar-refractivity contribution in [2.45, 2.75) is 51.6 Å². The number of carbonyl (C=O) groups excluding carboxylic acids is 1. The zero-order valence-corrected chi connectivity index (χ0v) is 11.9. The molecule has 1 saturated carbocycles. The first kappa shape index (κ1) is 14.8. The topological polar surface area (TPSA) is 49.4 Å². The van der Waals surface area contributed by atoms with E-state index in [1.165, 1.54) is 12.1 Å². The lowest BCUT2D eigenvalue weighted by molar-refractivity contribution is -0.255. The third-order valence-corrected chi connectivity index (χ3v) is 4.44. The number of hydrogen-bond donors (Lipinski definition) is 0. The molecule has 1 aromatic carbocycles. The quantitative estimate of drug-likeness (QED) is 0.832. The number of aromatic carboxylic acids is 1. The van der Waals surface area contributed by atoms with E-state index < -0.39 is 11.8 Å². The lowest BCUT2D eigenvalue weighted by Gasteiger charge is -2.36. The first-order chi connectivity index (χ1) is 9.48. The maximum Gasteiger partial charge on any atom is 0.165 e. The smallest absolute Gasteiger partial charge is 0.165 e. The summed E-state index contributed by atoms with van der Waals surface area (Å²) in [6.45, 7) is 4.19. The van der Waals surface area contributed by atoms with Gasteiger partial charge in [-0.2, -0.15) is 0 Å². The van der Waals surface area contributed by atoms with Crippen molar-refractivity contribution in [3.8, 4) is 5.75 Å². The highest BCUT2D eigenvalue weighted by Gasteiger charge is 2.41. The van der Waals surface area contributed by atoms with Gasteiger partial charge >= 0.3 is 0 Å². The lowest BCUT2D eigenvalue weighted by atomic mass is 9.85. The monoisotopic (exact) mass is 279 g/mol. The Morgan fingerprint density at radius 2 is 2.10 bits per heavy atom. The van der Waals surface area contributed by atoms with Crippen LogP contribution in [0.1, 0.15) is 56.3 Å². The van der Waals surface area contributed by atoms with E-state index in [9.17, 15) is 14.3 Å². The van der Waals surface area contributed by atoms with Crippen LogP contribution in [0.3, 0.4) is 0 Å². The standard InChI is InChI=1S/C16H21FO3/c1-3-11(2)16(8-4-5-9-16)20-14-10-12(15(18)19)6-7-13(14)17/h6-7,10-11H,3-5,8-9H2,1-2H3,(H,18,19)/p-1. The molecule has 20 heavy (non-hydrogen) atoms. The van der Waals surface area contributed by atoms with Crippen molar-refractivity contribution in [1.29, 1.82) is 0 Å². The Labute approximate surface area is 118 Å². The molecule has 1 aromatic rings. The second-order valence-electron chi connectivity index (χ2n) is 5.62. The summed E-state index contributed by atoms with van der Waals surface area (Å²) in [5.41, 5.74) is -0.432. The SMILES string of the molecule is CCC(C)C1(Oc2cc(C(=O)[O-])ccc2F)CCCC1. The summed E-state index contributed by atoms with van der Waals surface area (Å²) >= 11 is 0. The first-order valence-electron chi connectivity index (χ1n) is 7.18. The van der Waals surface area contributed by atoms with Crippen LogP contribution in [0, 0.1) is 11.7 Å². The van der Waals surface area contributed by atoms with E-state index >= 15 is 0 Å². The minimum atomic E-state index is -1.32. The molecule has 0 aromatic heterocycles. The van der Waals surface area contributed by atoms with Crippen LogP contribution in [-0.4, -0.2) is 11.6 Å². The minimum absolute atomic E-state index is 0.0221. The van der Waals surface area contributed by atoms with Gasteiger partial charge in [0.25, 0.3) is 0 Å². The van der Waals surface area contributed by atoms with Crippen molar-refractivity contribution in [3.05, 3.63) is 29.6 Å². The van der Waals surface area contributed by atoms with Crippen LogP contribution in [-0.2, 0) is 0 Å².